The second-order valence-electron chi connectivity index (χ2n) is 6.34. The summed E-state index contributed by atoms with van der Waals surface area (Å²) < 4.78 is 48.3. The fourth-order valence-corrected chi connectivity index (χ4v) is 3.14. The molecule has 29 heavy (non-hydrogen) atoms. The number of hydrogen-bond donors (Lipinski definition) is 1. The Morgan fingerprint density at radius 3 is 2.66 bits per heavy atom. The Labute approximate surface area is 172 Å². The number of halogens is 4. The van der Waals surface area contributed by atoms with Gasteiger partial charge in [0.05, 0.1) is 24.6 Å². The van der Waals surface area contributed by atoms with Crippen molar-refractivity contribution in [3.63, 3.8) is 0 Å². The van der Waals surface area contributed by atoms with Crippen molar-refractivity contribution >= 4 is 23.5 Å². The first kappa shape index (κ1) is 23.1. The van der Waals surface area contributed by atoms with E-state index in [1.165, 1.54) is 0 Å². The molecule has 11 heteroatoms. The number of pyridine rings is 1. The number of aromatic nitrogens is 1. The molecule has 1 N–H and O–H groups in total. The summed E-state index contributed by atoms with van der Waals surface area (Å²) in [6, 6.07) is 0.782. The van der Waals surface area contributed by atoms with E-state index in [2.05, 4.69) is 15.3 Å². The molecular formula is C18H24ClF3N4O3. The number of piperidine rings is 1. The zero-order valence-electron chi connectivity index (χ0n) is 16.3. The van der Waals surface area contributed by atoms with Crippen LogP contribution in [0.3, 0.4) is 0 Å². The molecule has 0 unspecified atom stereocenters. The molecule has 1 saturated heterocycles. The lowest BCUT2D eigenvalue weighted by atomic mass is 9.97. The van der Waals surface area contributed by atoms with E-state index < -0.39 is 11.7 Å². The van der Waals surface area contributed by atoms with Crippen molar-refractivity contribution in [2.75, 3.05) is 39.9 Å². The van der Waals surface area contributed by atoms with Crippen LogP contribution in [-0.2, 0) is 15.7 Å². The smallest absolute Gasteiger partial charge is 0.417 e. The van der Waals surface area contributed by atoms with Gasteiger partial charge in [0, 0.05) is 26.3 Å². The van der Waals surface area contributed by atoms with Gasteiger partial charge in [-0.2, -0.15) is 13.2 Å². The molecule has 7 nitrogen and oxygen atoms in total. The van der Waals surface area contributed by atoms with E-state index >= 15 is 0 Å². The van der Waals surface area contributed by atoms with E-state index in [9.17, 15) is 18.0 Å². The number of nitrogens with zero attached hydrogens (tertiary/aromatic N) is 3. The van der Waals surface area contributed by atoms with Crippen LogP contribution in [0.25, 0.3) is 0 Å². The third-order valence-electron chi connectivity index (χ3n) is 4.38. The highest BCUT2D eigenvalue weighted by Gasteiger charge is 2.32. The van der Waals surface area contributed by atoms with Crippen molar-refractivity contribution in [2.24, 2.45) is 10.9 Å². The molecule has 1 aliphatic rings. The molecule has 0 amide bonds. The van der Waals surface area contributed by atoms with Crippen molar-refractivity contribution in [2.45, 2.75) is 25.9 Å². The molecule has 0 spiro atoms. The van der Waals surface area contributed by atoms with Gasteiger partial charge >= 0.3 is 12.1 Å². The van der Waals surface area contributed by atoms with Crippen LogP contribution >= 0.6 is 11.6 Å². The molecule has 0 bridgehead atoms. The molecule has 0 radical (unpaired) electrons. The Morgan fingerprint density at radius 1 is 1.41 bits per heavy atom. The summed E-state index contributed by atoms with van der Waals surface area (Å²) in [5.41, 5.74) is -0.931. The Hall–Kier alpha value is -2.23. The van der Waals surface area contributed by atoms with Gasteiger partial charge in [-0.1, -0.05) is 11.6 Å². The fraction of sp³-hybridized carbons (Fsp3) is 0.611. The van der Waals surface area contributed by atoms with E-state index in [-0.39, 0.29) is 29.4 Å². The van der Waals surface area contributed by atoms with E-state index in [0.717, 1.165) is 6.07 Å². The summed E-state index contributed by atoms with van der Waals surface area (Å²) in [4.78, 5) is 21.7. The SMILES string of the molecule is CCOC(=O)C1CCN(C(=NC)NCCOc2ncc(C(F)(F)F)cc2Cl)CC1. The minimum atomic E-state index is -4.51. The van der Waals surface area contributed by atoms with Gasteiger partial charge in [0.2, 0.25) is 5.88 Å². The summed E-state index contributed by atoms with van der Waals surface area (Å²) in [6.45, 7) is 3.97. The summed E-state index contributed by atoms with van der Waals surface area (Å²) in [5.74, 6) is 0.332. The Morgan fingerprint density at radius 2 is 2.10 bits per heavy atom. The lowest BCUT2D eigenvalue weighted by Crippen LogP contribution is -2.47. The van der Waals surface area contributed by atoms with Crippen molar-refractivity contribution in [1.29, 1.82) is 0 Å². The second-order valence-corrected chi connectivity index (χ2v) is 6.75. The predicted molar refractivity (Wildman–Crippen MR) is 102 cm³/mol. The van der Waals surface area contributed by atoms with Crippen LogP contribution in [0.1, 0.15) is 25.3 Å². The monoisotopic (exact) mass is 436 g/mol. The van der Waals surface area contributed by atoms with Crippen LogP contribution in [-0.4, -0.2) is 61.7 Å². The second kappa shape index (κ2) is 10.5. The average Bonchev–Trinajstić information content (AvgIpc) is 2.68. The van der Waals surface area contributed by atoms with Crippen LogP contribution < -0.4 is 10.1 Å². The van der Waals surface area contributed by atoms with Crippen molar-refractivity contribution in [1.82, 2.24) is 15.2 Å². The molecule has 0 atom stereocenters. The van der Waals surface area contributed by atoms with Crippen LogP contribution in [0.2, 0.25) is 5.02 Å². The third-order valence-corrected chi connectivity index (χ3v) is 4.66. The van der Waals surface area contributed by atoms with Crippen LogP contribution in [0.5, 0.6) is 5.88 Å². The molecule has 1 aliphatic heterocycles. The van der Waals surface area contributed by atoms with E-state index in [1.807, 2.05) is 4.90 Å². The van der Waals surface area contributed by atoms with Crippen molar-refractivity contribution < 1.29 is 27.4 Å². The molecule has 162 valence electrons. The van der Waals surface area contributed by atoms with Crippen LogP contribution in [0, 0.1) is 5.92 Å². The number of rotatable bonds is 6. The highest BCUT2D eigenvalue weighted by atomic mass is 35.5. The van der Waals surface area contributed by atoms with E-state index in [4.69, 9.17) is 21.1 Å². The first-order chi connectivity index (χ1) is 13.8. The highest BCUT2D eigenvalue weighted by molar-refractivity contribution is 6.31. The topological polar surface area (TPSA) is 76.0 Å². The highest BCUT2D eigenvalue weighted by Crippen LogP contribution is 2.33. The first-order valence-electron chi connectivity index (χ1n) is 9.24. The number of carbonyl (C=O) groups excluding carboxylic acids is 1. The van der Waals surface area contributed by atoms with E-state index in [1.54, 1.807) is 14.0 Å². The summed E-state index contributed by atoms with van der Waals surface area (Å²) in [6.07, 6.45) is -2.46. The van der Waals surface area contributed by atoms with Gasteiger partial charge in [-0.15, -0.1) is 0 Å². The average molecular weight is 437 g/mol. The quantitative estimate of drug-likeness (QED) is 0.320. The summed E-state index contributed by atoms with van der Waals surface area (Å²) in [5, 5.41) is 2.91. The standard InChI is InChI=1S/C18H24ClF3N4O3/c1-3-28-16(27)12-4-7-26(8-5-12)17(23-2)24-6-9-29-15-14(19)10-13(11-25-15)18(20,21)22/h10-12H,3-9H2,1-2H3,(H,23,24). The number of aliphatic imine (C=N–C) groups is 1. The van der Waals surface area contributed by atoms with Crippen molar-refractivity contribution in [3.05, 3.63) is 22.8 Å². The molecule has 0 saturated carbocycles. The van der Waals surface area contributed by atoms with Gasteiger partial charge in [-0.05, 0) is 25.8 Å². The predicted octanol–water partition coefficient (Wildman–Crippen LogP) is 2.98. The van der Waals surface area contributed by atoms with Gasteiger partial charge in [0.15, 0.2) is 5.96 Å². The number of guanidine groups is 1. The summed E-state index contributed by atoms with van der Waals surface area (Å²) >= 11 is 5.81. The van der Waals surface area contributed by atoms with Gasteiger partial charge in [0.1, 0.15) is 11.6 Å². The Kier molecular flexibility index (Phi) is 8.36. The van der Waals surface area contributed by atoms with Gasteiger partial charge < -0.3 is 19.7 Å². The molecule has 2 rings (SSSR count). The number of carbonyl (C=O) groups is 1. The number of likely N-dealkylation sites (tertiary alicyclic amines) is 1. The zero-order chi connectivity index (χ0) is 21.4. The molecule has 1 aromatic heterocycles. The molecule has 0 aromatic carbocycles. The number of alkyl halides is 3. The van der Waals surface area contributed by atoms with Crippen LogP contribution in [0.4, 0.5) is 13.2 Å². The molecule has 2 heterocycles. The Bertz CT molecular complexity index is 723. The number of esters is 1. The fourth-order valence-electron chi connectivity index (χ4n) is 2.92. The minimum absolute atomic E-state index is 0.0632. The lowest BCUT2D eigenvalue weighted by molar-refractivity contribution is -0.149. The Balaban J connectivity index is 1.78. The number of ether oxygens (including phenoxy) is 2. The minimum Gasteiger partial charge on any atom is -0.475 e. The lowest BCUT2D eigenvalue weighted by Gasteiger charge is -2.33. The molecular weight excluding hydrogens is 413 g/mol. The molecule has 1 fully saturated rings. The molecule has 1 aromatic rings. The zero-order valence-corrected chi connectivity index (χ0v) is 17.0. The van der Waals surface area contributed by atoms with Gasteiger partial charge in [-0.3, -0.25) is 9.79 Å². The maximum Gasteiger partial charge on any atom is 0.417 e. The van der Waals surface area contributed by atoms with Crippen LogP contribution in [0.15, 0.2) is 17.3 Å². The van der Waals surface area contributed by atoms with Crippen molar-refractivity contribution in [3.8, 4) is 5.88 Å². The normalized spacial score (nSPS) is 15.9. The first-order valence-corrected chi connectivity index (χ1v) is 9.61. The third kappa shape index (κ3) is 6.66. The number of nitrogens with one attached hydrogen (secondary N) is 1. The van der Waals surface area contributed by atoms with Gasteiger partial charge in [0.25, 0.3) is 0 Å². The maximum absolute atomic E-state index is 12.6. The largest absolute Gasteiger partial charge is 0.475 e. The summed E-state index contributed by atoms with van der Waals surface area (Å²) in [7, 11) is 1.65. The number of hydrogen-bond acceptors (Lipinski definition) is 5. The van der Waals surface area contributed by atoms with E-state index in [0.29, 0.717) is 51.2 Å². The molecule has 0 aliphatic carbocycles. The maximum atomic E-state index is 12.6. The van der Waals surface area contributed by atoms with Gasteiger partial charge in [-0.25, -0.2) is 4.98 Å².